The van der Waals surface area contributed by atoms with E-state index in [9.17, 15) is 4.79 Å². The number of rotatable bonds is 1. The SMILES string of the molecule is CCC1Nc2c(noc2C)CNC1=O. The highest BCUT2D eigenvalue weighted by atomic mass is 16.5. The average Bonchev–Trinajstić information content (AvgIpc) is 2.43. The molecule has 76 valence electrons. The molecule has 1 aromatic heterocycles. The number of carbonyl (C=O) groups excluding carboxylic acids is 1. The van der Waals surface area contributed by atoms with Crippen LogP contribution in [0.2, 0.25) is 0 Å². The lowest BCUT2D eigenvalue weighted by atomic mass is 10.2. The fourth-order valence-electron chi connectivity index (χ4n) is 1.54. The van der Waals surface area contributed by atoms with E-state index in [1.165, 1.54) is 0 Å². The Hall–Kier alpha value is -1.52. The van der Waals surface area contributed by atoms with Crippen molar-refractivity contribution in [2.45, 2.75) is 32.9 Å². The molecule has 1 aliphatic heterocycles. The number of anilines is 1. The number of aryl methyl sites for hydroxylation is 1. The Kier molecular flexibility index (Phi) is 2.15. The van der Waals surface area contributed by atoms with E-state index in [1.807, 2.05) is 13.8 Å². The summed E-state index contributed by atoms with van der Waals surface area (Å²) in [5, 5.41) is 9.80. The van der Waals surface area contributed by atoms with Crippen molar-refractivity contribution in [2.75, 3.05) is 5.32 Å². The standard InChI is InChI=1S/C9H13N3O2/c1-3-6-9(13)10-4-7-8(11-6)5(2)14-12-7/h6,11H,3-4H2,1-2H3,(H,10,13). The monoisotopic (exact) mass is 195 g/mol. The summed E-state index contributed by atoms with van der Waals surface area (Å²) in [6.07, 6.45) is 0.746. The third-order valence-electron chi connectivity index (χ3n) is 2.41. The number of amides is 1. The molecule has 0 radical (unpaired) electrons. The molecule has 0 bridgehead atoms. The van der Waals surface area contributed by atoms with E-state index < -0.39 is 0 Å². The minimum Gasteiger partial charge on any atom is -0.369 e. The van der Waals surface area contributed by atoms with Gasteiger partial charge in [0.15, 0.2) is 5.76 Å². The van der Waals surface area contributed by atoms with Crippen molar-refractivity contribution in [2.24, 2.45) is 0 Å². The summed E-state index contributed by atoms with van der Waals surface area (Å²) in [4.78, 5) is 11.5. The third kappa shape index (κ3) is 1.34. The van der Waals surface area contributed by atoms with E-state index in [1.54, 1.807) is 0 Å². The van der Waals surface area contributed by atoms with E-state index in [-0.39, 0.29) is 11.9 Å². The molecular formula is C9H13N3O2. The molecule has 0 aromatic carbocycles. The zero-order valence-electron chi connectivity index (χ0n) is 8.26. The van der Waals surface area contributed by atoms with Gasteiger partial charge in [0.2, 0.25) is 5.91 Å². The normalized spacial score (nSPS) is 20.7. The number of hydrogen-bond donors (Lipinski definition) is 2. The minimum atomic E-state index is -0.186. The van der Waals surface area contributed by atoms with Crippen LogP contribution in [-0.2, 0) is 11.3 Å². The summed E-state index contributed by atoms with van der Waals surface area (Å²) < 4.78 is 5.04. The molecule has 1 amide bonds. The van der Waals surface area contributed by atoms with E-state index in [0.29, 0.717) is 6.54 Å². The number of carbonyl (C=O) groups is 1. The van der Waals surface area contributed by atoms with Crippen LogP contribution in [0.1, 0.15) is 24.8 Å². The fourth-order valence-corrected chi connectivity index (χ4v) is 1.54. The molecule has 1 unspecified atom stereocenters. The Morgan fingerprint density at radius 2 is 2.43 bits per heavy atom. The number of fused-ring (bicyclic) bond motifs is 1. The molecular weight excluding hydrogens is 182 g/mol. The zero-order valence-corrected chi connectivity index (χ0v) is 8.26. The zero-order chi connectivity index (χ0) is 10.1. The fraction of sp³-hybridized carbons (Fsp3) is 0.556. The van der Waals surface area contributed by atoms with Crippen molar-refractivity contribution < 1.29 is 9.32 Å². The van der Waals surface area contributed by atoms with Gasteiger partial charge in [0, 0.05) is 0 Å². The van der Waals surface area contributed by atoms with Crippen LogP contribution in [0, 0.1) is 6.92 Å². The summed E-state index contributed by atoms with van der Waals surface area (Å²) in [6, 6.07) is -0.186. The molecule has 2 heterocycles. The lowest BCUT2D eigenvalue weighted by Gasteiger charge is -2.12. The van der Waals surface area contributed by atoms with Gasteiger partial charge >= 0.3 is 0 Å². The predicted octanol–water partition coefficient (Wildman–Crippen LogP) is 0.803. The van der Waals surface area contributed by atoms with E-state index in [2.05, 4.69) is 15.8 Å². The summed E-state index contributed by atoms with van der Waals surface area (Å²) in [6.45, 7) is 4.24. The van der Waals surface area contributed by atoms with Crippen molar-refractivity contribution in [1.29, 1.82) is 0 Å². The second-order valence-electron chi connectivity index (χ2n) is 3.38. The van der Waals surface area contributed by atoms with Crippen molar-refractivity contribution in [1.82, 2.24) is 10.5 Å². The van der Waals surface area contributed by atoms with Gasteiger partial charge < -0.3 is 15.2 Å². The van der Waals surface area contributed by atoms with Crippen molar-refractivity contribution >= 4 is 11.6 Å². The second-order valence-corrected chi connectivity index (χ2v) is 3.38. The molecule has 2 N–H and O–H groups in total. The first-order chi connectivity index (χ1) is 6.72. The molecule has 1 aromatic rings. The van der Waals surface area contributed by atoms with Crippen LogP contribution in [0.4, 0.5) is 5.69 Å². The first kappa shape index (κ1) is 9.05. The van der Waals surface area contributed by atoms with Gasteiger partial charge in [-0.3, -0.25) is 4.79 Å². The lowest BCUT2D eigenvalue weighted by Crippen LogP contribution is -2.36. The Bertz CT molecular complexity index is 359. The Labute approximate surface area is 81.8 Å². The van der Waals surface area contributed by atoms with Crippen LogP contribution in [0.5, 0.6) is 0 Å². The Balaban J connectivity index is 2.32. The van der Waals surface area contributed by atoms with Crippen LogP contribution >= 0.6 is 0 Å². The first-order valence-electron chi connectivity index (χ1n) is 4.71. The van der Waals surface area contributed by atoms with Crippen molar-refractivity contribution in [3.8, 4) is 0 Å². The third-order valence-corrected chi connectivity index (χ3v) is 2.41. The molecule has 1 atom stereocenters. The molecule has 0 fully saturated rings. The number of nitrogens with one attached hydrogen (secondary N) is 2. The van der Waals surface area contributed by atoms with Gasteiger partial charge in [0.25, 0.3) is 0 Å². The predicted molar refractivity (Wildman–Crippen MR) is 50.8 cm³/mol. The summed E-state index contributed by atoms with van der Waals surface area (Å²) in [5.41, 5.74) is 1.63. The van der Waals surface area contributed by atoms with Gasteiger partial charge in [-0.2, -0.15) is 0 Å². The van der Waals surface area contributed by atoms with E-state index in [0.717, 1.165) is 23.6 Å². The van der Waals surface area contributed by atoms with Gasteiger partial charge in [-0.05, 0) is 13.3 Å². The maximum absolute atomic E-state index is 11.5. The van der Waals surface area contributed by atoms with Crippen LogP contribution in [0.15, 0.2) is 4.52 Å². The van der Waals surface area contributed by atoms with Crippen molar-refractivity contribution in [3.63, 3.8) is 0 Å². The van der Waals surface area contributed by atoms with Gasteiger partial charge in [0.05, 0.1) is 6.54 Å². The first-order valence-corrected chi connectivity index (χ1v) is 4.71. The highest BCUT2D eigenvalue weighted by Gasteiger charge is 2.25. The summed E-state index contributed by atoms with van der Waals surface area (Å²) in [7, 11) is 0. The summed E-state index contributed by atoms with van der Waals surface area (Å²) >= 11 is 0. The molecule has 0 saturated heterocycles. The highest BCUT2D eigenvalue weighted by Crippen LogP contribution is 2.23. The van der Waals surface area contributed by atoms with Crippen LogP contribution < -0.4 is 10.6 Å². The van der Waals surface area contributed by atoms with Crippen molar-refractivity contribution in [3.05, 3.63) is 11.5 Å². The minimum absolute atomic E-state index is 0.0184. The largest absolute Gasteiger partial charge is 0.369 e. The molecule has 5 nitrogen and oxygen atoms in total. The van der Waals surface area contributed by atoms with Crippen LogP contribution in [0.3, 0.4) is 0 Å². The number of nitrogens with zero attached hydrogens (tertiary/aromatic N) is 1. The maximum atomic E-state index is 11.5. The Morgan fingerprint density at radius 1 is 1.64 bits per heavy atom. The lowest BCUT2D eigenvalue weighted by molar-refractivity contribution is -0.121. The van der Waals surface area contributed by atoms with Gasteiger partial charge in [-0.1, -0.05) is 12.1 Å². The molecule has 0 aliphatic carbocycles. The molecule has 1 aliphatic rings. The van der Waals surface area contributed by atoms with Gasteiger partial charge in [0.1, 0.15) is 17.4 Å². The molecule has 0 saturated carbocycles. The second kappa shape index (κ2) is 3.32. The molecule has 2 rings (SSSR count). The number of aromatic nitrogens is 1. The topological polar surface area (TPSA) is 67.2 Å². The smallest absolute Gasteiger partial charge is 0.242 e. The number of hydrogen-bond acceptors (Lipinski definition) is 4. The average molecular weight is 195 g/mol. The van der Waals surface area contributed by atoms with Gasteiger partial charge in [-0.25, -0.2) is 0 Å². The Morgan fingerprint density at radius 3 is 3.14 bits per heavy atom. The molecule has 14 heavy (non-hydrogen) atoms. The highest BCUT2D eigenvalue weighted by molar-refractivity contribution is 5.86. The quantitative estimate of drug-likeness (QED) is 0.695. The molecule has 5 heteroatoms. The summed E-state index contributed by atoms with van der Waals surface area (Å²) in [5.74, 6) is 0.750. The maximum Gasteiger partial charge on any atom is 0.242 e. The van der Waals surface area contributed by atoms with Crippen LogP contribution in [0.25, 0.3) is 0 Å². The van der Waals surface area contributed by atoms with E-state index in [4.69, 9.17) is 4.52 Å². The molecule has 0 spiro atoms. The van der Waals surface area contributed by atoms with Gasteiger partial charge in [-0.15, -0.1) is 0 Å². The van der Waals surface area contributed by atoms with Crippen LogP contribution in [-0.4, -0.2) is 17.1 Å². The van der Waals surface area contributed by atoms with E-state index >= 15 is 0 Å².